The molecule has 0 fully saturated rings. The first-order chi connectivity index (χ1) is 8.81. The van der Waals surface area contributed by atoms with Gasteiger partial charge in [0.2, 0.25) is 0 Å². The number of ether oxygens (including phenoxy) is 1. The lowest BCUT2D eigenvalue weighted by Crippen LogP contribution is -1.99. The lowest BCUT2D eigenvalue weighted by molar-refractivity contribution is 0.224. The molecule has 2 aromatic rings. The van der Waals surface area contributed by atoms with Gasteiger partial charge in [0.05, 0.1) is 6.61 Å². The molecule has 1 unspecified atom stereocenters. The van der Waals surface area contributed by atoms with E-state index in [-0.39, 0.29) is 0 Å². The first-order valence-electron chi connectivity index (χ1n) is 6.25. The van der Waals surface area contributed by atoms with Crippen LogP contribution in [0.5, 0.6) is 5.75 Å². The van der Waals surface area contributed by atoms with E-state index in [2.05, 4.69) is 6.92 Å². The van der Waals surface area contributed by atoms with Gasteiger partial charge >= 0.3 is 0 Å². The Hall–Kier alpha value is -1.32. The van der Waals surface area contributed by atoms with Gasteiger partial charge in [-0.25, -0.2) is 0 Å². The van der Waals surface area contributed by atoms with E-state index >= 15 is 0 Å². The van der Waals surface area contributed by atoms with Crippen molar-refractivity contribution in [3.8, 4) is 5.75 Å². The zero-order valence-corrected chi connectivity index (χ0v) is 11.3. The highest BCUT2D eigenvalue weighted by molar-refractivity contribution is 7.10. The Labute approximate surface area is 112 Å². The van der Waals surface area contributed by atoms with Crippen molar-refractivity contribution in [2.24, 2.45) is 0 Å². The topological polar surface area (TPSA) is 29.5 Å². The highest BCUT2D eigenvalue weighted by atomic mass is 32.1. The zero-order chi connectivity index (χ0) is 12.8. The first-order valence-corrected chi connectivity index (χ1v) is 7.13. The summed E-state index contributed by atoms with van der Waals surface area (Å²) in [6, 6.07) is 11.6. The number of thiophene rings is 1. The molecule has 1 aromatic carbocycles. The molecule has 0 aliphatic heterocycles. The van der Waals surface area contributed by atoms with Crippen LogP contribution in [0.3, 0.4) is 0 Å². The predicted octanol–water partition coefficient (Wildman–Crippen LogP) is 4.01. The molecule has 0 amide bonds. The lowest BCUT2D eigenvalue weighted by Gasteiger charge is -2.10. The van der Waals surface area contributed by atoms with E-state index in [9.17, 15) is 5.11 Å². The largest absolute Gasteiger partial charge is 0.494 e. The average molecular weight is 262 g/mol. The van der Waals surface area contributed by atoms with Gasteiger partial charge in [0.25, 0.3) is 0 Å². The number of benzene rings is 1. The minimum absolute atomic E-state index is 0.533. The van der Waals surface area contributed by atoms with Crippen LogP contribution in [0, 0.1) is 0 Å². The molecule has 1 aromatic heterocycles. The van der Waals surface area contributed by atoms with Crippen LogP contribution >= 0.6 is 11.3 Å². The predicted molar refractivity (Wildman–Crippen MR) is 75.2 cm³/mol. The summed E-state index contributed by atoms with van der Waals surface area (Å²) in [5.41, 5.74) is 0.903. The van der Waals surface area contributed by atoms with Crippen molar-refractivity contribution < 1.29 is 9.84 Å². The summed E-state index contributed by atoms with van der Waals surface area (Å²) < 4.78 is 5.59. The van der Waals surface area contributed by atoms with E-state index in [1.54, 1.807) is 11.3 Å². The Morgan fingerprint density at radius 2 is 2.00 bits per heavy atom. The van der Waals surface area contributed by atoms with Gasteiger partial charge in [0, 0.05) is 4.88 Å². The fourth-order valence-corrected chi connectivity index (χ4v) is 2.43. The van der Waals surface area contributed by atoms with Crippen LogP contribution in [0.15, 0.2) is 41.8 Å². The molecule has 3 heteroatoms. The number of aliphatic hydroxyl groups is 1. The number of aliphatic hydroxyl groups excluding tert-OH is 1. The van der Waals surface area contributed by atoms with Crippen molar-refractivity contribution in [2.75, 3.05) is 6.61 Å². The van der Waals surface area contributed by atoms with Crippen LogP contribution in [0.1, 0.15) is 36.3 Å². The standard InChI is InChI=1S/C15H18O2S/c1-2-3-10-17-13-8-6-12(7-9-13)15(16)14-5-4-11-18-14/h4-9,11,15-16H,2-3,10H2,1H3. The summed E-state index contributed by atoms with van der Waals surface area (Å²) in [4.78, 5) is 0.967. The molecule has 2 rings (SSSR count). The van der Waals surface area contributed by atoms with Crippen LogP contribution in [0.4, 0.5) is 0 Å². The quantitative estimate of drug-likeness (QED) is 0.797. The number of hydrogen-bond donors (Lipinski definition) is 1. The van der Waals surface area contributed by atoms with Crippen molar-refractivity contribution in [3.05, 3.63) is 52.2 Å². The van der Waals surface area contributed by atoms with Gasteiger partial charge in [0.15, 0.2) is 0 Å². The van der Waals surface area contributed by atoms with Crippen molar-refractivity contribution >= 4 is 11.3 Å². The van der Waals surface area contributed by atoms with Crippen molar-refractivity contribution in [2.45, 2.75) is 25.9 Å². The molecular formula is C15H18O2S. The van der Waals surface area contributed by atoms with Crippen LogP contribution in [-0.4, -0.2) is 11.7 Å². The third-order valence-corrected chi connectivity index (χ3v) is 3.70. The maximum Gasteiger partial charge on any atom is 0.119 e. The molecule has 0 bridgehead atoms. The molecule has 96 valence electrons. The van der Waals surface area contributed by atoms with Gasteiger partial charge in [-0.15, -0.1) is 11.3 Å². The lowest BCUT2D eigenvalue weighted by atomic mass is 10.1. The molecule has 0 saturated heterocycles. The van der Waals surface area contributed by atoms with E-state index in [0.717, 1.165) is 35.6 Å². The molecule has 0 spiro atoms. The van der Waals surface area contributed by atoms with Gasteiger partial charge in [-0.3, -0.25) is 0 Å². The van der Waals surface area contributed by atoms with Crippen molar-refractivity contribution in [1.29, 1.82) is 0 Å². The van der Waals surface area contributed by atoms with Gasteiger partial charge in [-0.1, -0.05) is 31.5 Å². The molecule has 1 heterocycles. The third kappa shape index (κ3) is 3.34. The Morgan fingerprint density at radius 1 is 1.22 bits per heavy atom. The van der Waals surface area contributed by atoms with Crippen LogP contribution in [-0.2, 0) is 0 Å². The maximum atomic E-state index is 10.2. The average Bonchev–Trinajstić information content (AvgIpc) is 2.93. The highest BCUT2D eigenvalue weighted by Crippen LogP contribution is 2.27. The zero-order valence-electron chi connectivity index (χ0n) is 10.5. The minimum Gasteiger partial charge on any atom is -0.494 e. The summed E-state index contributed by atoms with van der Waals surface area (Å²) in [5.74, 6) is 0.866. The minimum atomic E-state index is -0.533. The van der Waals surface area contributed by atoms with Crippen LogP contribution < -0.4 is 4.74 Å². The molecule has 0 radical (unpaired) electrons. The Morgan fingerprint density at radius 3 is 2.61 bits per heavy atom. The highest BCUT2D eigenvalue weighted by Gasteiger charge is 2.10. The van der Waals surface area contributed by atoms with E-state index in [1.807, 2.05) is 41.8 Å². The fourth-order valence-electron chi connectivity index (χ4n) is 1.69. The van der Waals surface area contributed by atoms with Crippen LogP contribution in [0.2, 0.25) is 0 Å². The molecule has 1 N–H and O–H groups in total. The van der Waals surface area contributed by atoms with E-state index in [1.165, 1.54) is 0 Å². The van der Waals surface area contributed by atoms with Gasteiger partial charge in [0.1, 0.15) is 11.9 Å². The van der Waals surface area contributed by atoms with Gasteiger partial charge in [-0.05, 0) is 35.6 Å². The van der Waals surface area contributed by atoms with Gasteiger partial charge in [-0.2, -0.15) is 0 Å². The SMILES string of the molecule is CCCCOc1ccc(C(O)c2cccs2)cc1. The van der Waals surface area contributed by atoms with E-state index in [4.69, 9.17) is 4.74 Å². The molecule has 0 aliphatic carbocycles. The number of rotatable bonds is 6. The normalized spacial score (nSPS) is 12.3. The van der Waals surface area contributed by atoms with E-state index < -0.39 is 6.10 Å². The second kappa shape index (κ2) is 6.57. The molecule has 18 heavy (non-hydrogen) atoms. The number of unbranched alkanes of at least 4 members (excludes halogenated alkanes) is 1. The molecule has 0 saturated carbocycles. The van der Waals surface area contributed by atoms with Gasteiger partial charge < -0.3 is 9.84 Å². The van der Waals surface area contributed by atoms with Crippen molar-refractivity contribution in [1.82, 2.24) is 0 Å². The third-order valence-electron chi connectivity index (χ3n) is 2.78. The van der Waals surface area contributed by atoms with E-state index in [0.29, 0.717) is 0 Å². The molecule has 0 aliphatic rings. The second-order valence-corrected chi connectivity index (χ2v) is 5.17. The Kier molecular flexibility index (Phi) is 4.79. The summed E-state index contributed by atoms with van der Waals surface area (Å²) in [6.07, 6.45) is 1.67. The smallest absolute Gasteiger partial charge is 0.119 e. The fraction of sp³-hybridized carbons (Fsp3) is 0.333. The Bertz CT molecular complexity index is 448. The second-order valence-electron chi connectivity index (χ2n) is 4.19. The summed E-state index contributed by atoms with van der Waals surface area (Å²) in [5, 5.41) is 12.1. The summed E-state index contributed by atoms with van der Waals surface area (Å²) in [7, 11) is 0. The first kappa shape index (κ1) is 13.1. The monoisotopic (exact) mass is 262 g/mol. The molecule has 1 atom stereocenters. The maximum absolute atomic E-state index is 10.2. The summed E-state index contributed by atoms with van der Waals surface area (Å²) in [6.45, 7) is 2.90. The van der Waals surface area contributed by atoms with Crippen LogP contribution in [0.25, 0.3) is 0 Å². The van der Waals surface area contributed by atoms with Crippen molar-refractivity contribution in [3.63, 3.8) is 0 Å². The Balaban J connectivity index is 1.99. The molecule has 2 nitrogen and oxygen atoms in total. The summed E-state index contributed by atoms with van der Waals surface area (Å²) >= 11 is 1.57. The number of hydrogen-bond acceptors (Lipinski definition) is 3. The molecular weight excluding hydrogens is 244 g/mol.